The number of carbonyl (C=O) groups is 1. The highest BCUT2D eigenvalue weighted by atomic mass is 35.5. The Labute approximate surface area is 151 Å². The number of hydrogen-bond donors (Lipinski definition) is 1. The number of nitrogens with zero attached hydrogens (tertiary/aromatic N) is 2. The minimum Gasteiger partial charge on any atom is -0.360 e. The molecule has 1 atom stereocenters. The summed E-state index contributed by atoms with van der Waals surface area (Å²) < 4.78 is 0. The summed E-state index contributed by atoms with van der Waals surface area (Å²) in [6, 6.07) is 18.9. The Morgan fingerprint density at radius 3 is 2.64 bits per heavy atom. The van der Waals surface area contributed by atoms with E-state index in [1.54, 1.807) is 11.1 Å². The topological polar surface area (TPSA) is 45.2 Å². The van der Waals surface area contributed by atoms with Crippen LogP contribution >= 0.6 is 11.6 Å². The maximum Gasteiger partial charge on any atom is 0.261 e. The highest BCUT2D eigenvalue weighted by Crippen LogP contribution is 2.38. The zero-order valence-electron chi connectivity index (χ0n) is 13.6. The van der Waals surface area contributed by atoms with E-state index in [0.717, 1.165) is 16.8 Å². The number of aryl methyl sites for hydroxylation is 1. The largest absolute Gasteiger partial charge is 0.360 e. The molecule has 0 saturated heterocycles. The van der Waals surface area contributed by atoms with E-state index in [1.807, 2.05) is 67.6 Å². The second kappa shape index (κ2) is 6.22. The van der Waals surface area contributed by atoms with Crippen molar-refractivity contribution >= 4 is 29.0 Å². The van der Waals surface area contributed by atoms with Gasteiger partial charge in [-0.25, -0.2) is 4.98 Å². The molecule has 2 aromatic carbocycles. The lowest BCUT2D eigenvalue weighted by Gasteiger charge is -2.26. The molecule has 124 valence electrons. The first-order valence-corrected chi connectivity index (χ1v) is 8.39. The number of anilines is 2. The number of rotatable bonds is 3. The SMILES string of the molecule is Cc1ccnc(N2C(=O)c3ccccc3C2Nc2ccccc2Cl)c1. The van der Waals surface area contributed by atoms with Crippen molar-refractivity contribution in [2.24, 2.45) is 0 Å². The monoisotopic (exact) mass is 349 g/mol. The molecule has 1 aromatic heterocycles. The molecular weight excluding hydrogens is 334 g/mol. The Hall–Kier alpha value is -2.85. The number of halogens is 1. The van der Waals surface area contributed by atoms with Crippen LogP contribution in [0, 0.1) is 6.92 Å². The molecule has 2 heterocycles. The smallest absolute Gasteiger partial charge is 0.261 e. The molecule has 0 aliphatic carbocycles. The van der Waals surface area contributed by atoms with Crippen molar-refractivity contribution in [2.45, 2.75) is 13.1 Å². The average molecular weight is 350 g/mol. The zero-order valence-corrected chi connectivity index (χ0v) is 14.4. The molecule has 1 aliphatic rings. The van der Waals surface area contributed by atoms with Crippen molar-refractivity contribution in [3.8, 4) is 0 Å². The Kier molecular flexibility index (Phi) is 3.90. The number of benzene rings is 2. The van der Waals surface area contributed by atoms with Crippen molar-refractivity contribution in [3.63, 3.8) is 0 Å². The maximum absolute atomic E-state index is 13.0. The lowest BCUT2D eigenvalue weighted by atomic mass is 10.1. The van der Waals surface area contributed by atoms with Crippen LogP contribution < -0.4 is 10.2 Å². The van der Waals surface area contributed by atoms with E-state index in [1.165, 1.54) is 0 Å². The number of para-hydroxylation sites is 1. The van der Waals surface area contributed by atoms with Gasteiger partial charge in [0.15, 0.2) is 0 Å². The van der Waals surface area contributed by atoms with Crippen LogP contribution in [-0.2, 0) is 0 Å². The summed E-state index contributed by atoms with van der Waals surface area (Å²) >= 11 is 6.30. The first-order chi connectivity index (χ1) is 12.1. The van der Waals surface area contributed by atoms with Gasteiger partial charge in [-0.2, -0.15) is 0 Å². The summed E-state index contributed by atoms with van der Waals surface area (Å²) in [5, 5.41) is 4.00. The van der Waals surface area contributed by atoms with Gasteiger partial charge in [-0.1, -0.05) is 41.9 Å². The van der Waals surface area contributed by atoms with Crippen molar-refractivity contribution in [1.82, 2.24) is 4.98 Å². The summed E-state index contributed by atoms with van der Waals surface area (Å²) in [5.74, 6) is 0.545. The van der Waals surface area contributed by atoms with Crippen LogP contribution in [0.4, 0.5) is 11.5 Å². The quantitative estimate of drug-likeness (QED) is 0.737. The molecule has 0 radical (unpaired) electrons. The normalized spacial score (nSPS) is 16.0. The molecule has 25 heavy (non-hydrogen) atoms. The van der Waals surface area contributed by atoms with E-state index >= 15 is 0 Å². The van der Waals surface area contributed by atoms with Gasteiger partial charge in [0.05, 0.1) is 10.7 Å². The van der Waals surface area contributed by atoms with Gasteiger partial charge in [0.25, 0.3) is 5.91 Å². The van der Waals surface area contributed by atoms with Crippen LogP contribution in [0.2, 0.25) is 5.02 Å². The molecule has 1 unspecified atom stereocenters. The van der Waals surface area contributed by atoms with E-state index in [2.05, 4.69) is 10.3 Å². The fourth-order valence-corrected chi connectivity index (χ4v) is 3.26. The number of fused-ring (bicyclic) bond motifs is 1. The van der Waals surface area contributed by atoms with Crippen LogP contribution in [0.1, 0.15) is 27.7 Å². The molecular formula is C20H16ClN3O. The molecule has 1 aliphatic heterocycles. The standard InChI is InChI=1S/C20H16ClN3O/c1-13-10-11-22-18(12-13)24-19(23-17-9-5-4-8-16(17)21)14-6-2-3-7-15(14)20(24)25/h2-12,19,23H,1H3. The number of amides is 1. The zero-order chi connectivity index (χ0) is 17.4. The number of nitrogens with one attached hydrogen (secondary N) is 1. The molecule has 3 aromatic rings. The summed E-state index contributed by atoms with van der Waals surface area (Å²) in [7, 11) is 0. The highest BCUT2D eigenvalue weighted by Gasteiger charge is 2.38. The first-order valence-electron chi connectivity index (χ1n) is 8.01. The number of hydrogen-bond acceptors (Lipinski definition) is 3. The third kappa shape index (κ3) is 2.75. The van der Waals surface area contributed by atoms with Crippen molar-refractivity contribution in [1.29, 1.82) is 0 Å². The van der Waals surface area contributed by atoms with Crippen LogP contribution in [0.5, 0.6) is 0 Å². The van der Waals surface area contributed by atoms with Crippen LogP contribution in [0.3, 0.4) is 0 Å². The van der Waals surface area contributed by atoms with E-state index in [-0.39, 0.29) is 12.1 Å². The van der Waals surface area contributed by atoms with E-state index in [4.69, 9.17) is 11.6 Å². The second-order valence-electron chi connectivity index (χ2n) is 5.98. The average Bonchev–Trinajstić information content (AvgIpc) is 2.90. The van der Waals surface area contributed by atoms with Gasteiger partial charge in [-0.05, 0) is 42.8 Å². The number of aromatic nitrogens is 1. The predicted octanol–water partition coefficient (Wildman–Crippen LogP) is 4.81. The first kappa shape index (κ1) is 15.7. The van der Waals surface area contributed by atoms with Crippen LogP contribution in [0.25, 0.3) is 0 Å². The molecule has 4 nitrogen and oxygen atoms in total. The lowest BCUT2D eigenvalue weighted by molar-refractivity contribution is 0.0992. The molecule has 0 bridgehead atoms. The van der Waals surface area contributed by atoms with Gasteiger partial charge in [0.1, 0.15) is 12.0 Å². The van der Waals surface area contributed by atoms with E-state index in [9.17, 15) is 4.79 Å². The van der Waals surface area contributed by atoms with Crippen molar-refractivity contribution in [2.75, 3.05) is 10.2 Å². The Morgan fingerprint density at radius 1 is 1.08 bits per heavy atom. The molecule has 1 amide bonds. The fraction of sp³-hybridized carbons (Fsp3) is 0.100. The van der Waals surface area contributed by atoms with E-state index < -0.39 is 0 Å². The van der Waals surface area contributed by atoms with Gasteiger partial charge in [0, 0.05) is 17.3 Å². The molecule has 0 saturated carbocycles. The van der Waals surface area contributed by atoms with E-state index in [0.29, 0.717) is 16.4 Å². The van der Waals surface area contributed by atoms with Crippen LogP contribution in [-0.4, -0.2) is 10.9 Å². The van der Waals surface area contributed by atoms with Gasteiger partial charge in [0.2, 0.25) is 0 Å². The van der Waals surface area contributed by atoms with Gasteiger partial charge >= 0.3 is 0 Å². The van der Waals surface area contributed by atoms with Crippen molar-refractivity contribution in [3.05, 3.63) is 88.6 Å². The Morgan fingerprint density at radius 2 is 1.84 bits per heavy atom. The minimum atomic E-state index is -0.363. The third-order valence-electron chi connectivity index (χ3n) is 4.28. The van der Waals surface area contributed by atoms with Crippen LogP contribution in [0.15, 0.2) is 66.9 Å². The second-order valence-corrected chi connectivity index (χ2v) is 6.39. The summed E-state index contributed by atoms with van der Waals surface area (Å²) in [6.07, 6.45) is 1.35. The summed E-state index contributed by atoms with van der Waals surface area (Å²) in [5.41, 5.74) is 3.41. The number of carbonyl (C=O) groups excluding carboxylic acids is 1. The molecule has 1 N–H and O–H groups in total. The maximum atomic E-state index is 13.0. The lowest BCUT2D eigenvalue weighted by Crippen LogP contribution is -2.33. The fourth-order valence-electron chi connectivity index (χ4n) is 3.07. The molecule has 0 fully saturated rings. The highest BCUT2D eigenvalue weighted by molar-refractivity contribution is 6.33. The molecule has 5 heteroatoms. The predicted molar refractivity (Wildman–Crippen MR) is 100 cm³/mol. The molecule has 4 rings (SSSR count). The Balaban J connectivity index is 1.82. The Bertz CT molecular complexity index is 957. The van der Waals surface area contributed by atoms with Gasteiger partial charge in [-0.3, -0.25) is 9.69 Å². The summed E-state index contributed by atoms with van der Waals surface area (Å²) in [6.45, 7) is 1.98. The minimum absolute atomic E-state index is 0.0711. The summed E-state index contributed by atoms with van der Waals surface area (Å²) in [4.78, 5) is 19.1. The van der Waals surface area contributed by atoms with Gasteiger partial charge < -0.3 is 5.32 Å². The van der Waals surface area contributed by atoms with Crippen molar-refractivity contribution < 1.29 is 4.79 Å². The molecule has 0 spiro atoms. The third-order valence-corrected chi connectivity index (χ3v) is 4.61. The van der Waals surface area contributed by atoms with Gasteiger partial charge in [-0.15, -0.1) is 0 Å². The number of pyridine rings is 1.